The molecule has 3 N–H and O–H groups in total. The maximum absolute atomic E-state index is 5.75. The summed E-state index contributed by atoms with van der Waals surface area (Å²) < 4.78 is 0. The molecule has 3 nitrogen and oxygen atoms in total. The molecule has 1 fully saturated rings. The second-order valence-corrected chi connectivity index (χ2v) is 4.29. The number of rotatable bonds is 4. The Kier molecular flexibility index (Phi) is 4.70. The monoisotopic (exact) mass is 185 g/mol. The van der Waals surface area contributed by atoms with E-state index in [1.807, 2.05) is 0 Å². The summed E-state index contributed by atoms with van der Waals surface area (Å²) >= 11 is 0. The van der Waals surface area contributed by atoms with Crippen molar-refractivity contribution in [3.05, 3.63) is 0 Å². The summed E-state index contributed by atoms with van der Waals surface area (Å²) in [7, 11) is 0. The zero-order chi connectivity index (χ0) is 9.68. The molecule has 0 amide bonds. The van der Waals surface area contributed by atoms with Gasteiger partial charge in [0, 0.05) is 32.7 Å². The van der Waals surface area contributed by atoms with Gasteiger partial charge in [0.15, 0.2) is 0 Å². The van der Waals surface area contributed by atoms with Gasteiger partial charge in [-0.15, -0.1) is 0 Å². The Bertz CT molecular complexity index is 130. The Morgan fingerprint density at radius 2 is 1.92 bits per heavy atom. The van der Waals surface area contributed by atoms with Crippen LogP contribution in [-0.2, 0) is 0 Å². The van der Waals surface area contributed by atoms with Crippen LogP contribution in [0.5, 0.6) is 0 Å². The van der Waals surface area contributed by atoms with Crippen LogP contribution < -0.4 is 11.1 Å². The van der Waals surface area contributed by atoms with Crippen molar-refractivity contribution in [1.29, 1.82) is 0 Å². The van der Waals surface area contributed by atoms with E-state index in [0.717, 1.165) is 19.6 Å². The van der Waals surface area contributed by atoms with Gasteiger partial charge in [0.05, 0.1) is 0 Å². The Labute approximate surface area is 81.7 Å². The van der Waals surface area contributed by atoms with Crippen LogP contribution >= 0.6 is 0 Å². The number of hydrogen-bond donors (Lipinski definition) is 2. The molecule has 0 aliphatic carbocycles. The van der Waals surface area contributed by atoms with E-state index >= 15 is 0 Å². The minimum Gasteiger partial charge on any atom is -0.330 e. The molecule has 1 aliphatic heterocycles. The van der Waals surface area contributed by atoms with Gasteiger partial charge < -0.3 is 16.0 Å². The Balaban J connectivity index is 2.27. The number of nitrogens with two attached hydrogens (primary N) is 1. The van der Waals surface area contributed by atoms with E-state index in [2.05, 4.69) is 24.1 Å². The molecule has 0 aromatic carbocycles. The summed E-state index contributed by atoms with van der Waals surface area (Å²) in [5.74, 6) is 1.37. The van der Waals surface area contributed by atoms with E-state index in [4.69, 9.17) is 5.73 Å². The maximum atomic E-state index is 5.75. The Morgan fingerprint density at radius 3 is 2.38 bits per heavy atom. The molecular weight excluding hydrogens is 162 g/mol. The van der Waals surface area contributed by atoms with Gasteiger partial charge in [0.2, 0.25) is 0 Å². The molecule has 0 saturated carbocycles. The average molecular weight is 185 g/mol. The minimum absolute atomic E-state index is 0.665. The van der Waals surface area contributed by atoms with Crippen molar-refractivity contribution >= 4 is 0 Å². The lowest BCUT2D eigenvalue weighted by molar-refractivity contribution is 0.185. The van der Waals surface area contributed by atoms with Gasteiger partial charge >= 0.3 is 0 Å². The molecule has 78 valence electrons. The van der Waals surface area contributed by atoms with Crippen LogP contribution in [0.25, 0.3) is 0 Å². The van der Waals surface area contributed by atoms with Gasteiger partial charge in [-0.2, -0.15) is 0 Å². The first-order valence-corrected chi connectivity index (χ1v) is 5.37. The standard InChI is InChI=1S/C10H23N3/c1-9(2)10(7-11)8-13-5-3-12-4-6-13/h9-10,12H,3-8,11H2,1-2H3. The molecule has 0 spiro atoms. The highest BCUT2D eigenvalue weighted by atomic mass is 15.2. The van der Waals surface area contributed by atoms with Gasteiger partial charge in [-0.05, 0) is 18.4 Å². The van der Waals surface area contributed by atoms with Gasteiger partial charge in [-0.1, -0.05) is 13.8 Å². The van der Waals surface area contributed by atoms with Gasteiger partial charge in [0.1, 0.15) is 0 Å². The first-order valence-electron chi connectivity index (χ1n) is 5.37. The highest BCUT2D eigenvalue weighted by Gasteiger charge is 2.17. The van der Waals surface area contributed by atoms with Gasteiger partial charge in [-0.3, -0.25) is 0 Å². The van der Waals surface area contributed by atoms with E-state index in [1.54, 1.807) is 0 Å². The van der Waals surface area contributed by atoms with Crippen molar-refractivity contribution in [1.82, 2.24) is 10.2 Å². The predicted molar refractivity (Wildman–Crippen MR) is 56.7 cm³/mol. The fourth-order valence-corrected chi connectivity index (χ4v) is 1.78. The van der Waals surface area contributed by atoms with Crippen molar-refractivity contribution in [2.75, 3.05) is 39.3 Å². The molecule has 1 heterocycles. The lowest BCUT2D eigenvalue weighted by atomic mass is 9.95. The van der Waals surface area contributed by atoms with Crippen molar-refractivity contribution in [2.24, 2.45) is 17.6 Å². The largest absolute Gasteiger partial charge is 0.330 e. The average Bonchev–Trinajstić information content (AvgIpc) is 2.15. The lowest BCUT2D eigenvalue weighted by Gasteiger charge is -2.31. The summed E-state index contributed by atoms with van der Waals surface area (Å²) in [4.78, 5) is 2.52. The highest BCUT2D eigenvalue weighted by Crippen LogP contribution is 2.11. The Morgan fingerprint density at radius 1 is 1.31 bits per heavy atom. The molecule has 1 rings (SSSR count). The fourth-order valence-electron chi connectivity index (χ4n) is 1.78. The molecule has 13 heavy (non-hydrogen) atoms. The van der Waals surface area contributed by atoms with Gasteiger partial charge in [0.25, 0.3) is 0 Å². The van der Waals surface area contributed by atoms with Crippen molar-refractivity contribution < 1.29 is 0 Å². The van der Waals surface area contributed by atoms with E-state index in [9.17, 15) is 0 Å². The van der Waals surface area contributed by atoms with Crippen molar-refractivity contribution in [3.8, 4) is 0 Å². The Hall–Kier alpha value is -0.120. The smallest absolute Gasteiger partial charge is 0.0107 e. The third kappa shape index (κ3) is 3.63. The first kappa shape index (κ1) is 11.0. The molecule has 1 aliphatic rings. The third-order valence-electron chi connectivity index (χ3n) is 2.95. The highest BCUT2D eigenvalue weighted by molar-refractivity contribution is 4.73. The van der Waals surface area contributed by atoms with Crippen LogP contribution in [0.4, 0.5) is 0 Å². The second kappa shape index (κ2) is 5.58. The van der Waals surface area contributed by atoms with E-state index in [0.29, 0.717) is 11.8 Å². The molecule has 0 radical (unpaired) electrons. The number of hydrogen-bond acceptors (Lipinski definition) is 3. The van der Waals surface area contributed by atoms with E-state index in [1.165, 1.54) is 19.6 Å². The quantitative estimate of drug-likeness (QED) is 0.654. The molecule has 0 bridgehead atoms. The summed E-state index contributed by atoms with van der Waals surface area (Å²) in [5.41, 5.74) is 5.75. The number of nitrogens with zero attached hydrogens (tertiary/aromatic N) is 1. The molecule has 0 aromatic heterocycles. The predicted octanol–water partition coefficient (Wildman–Crippen LogP) is 0.123. The summed E-state index contributed by atoms with van der Waals surface area (Å²) in [6.07, 6.45) is 0. The summed E-state index contributed by atoms with van der Waals surface area (Å²) in [6, 6.07) is 0. The molecule has 1 unspecified atom stereocenters. The van der Waals surface area contributed by atoms with E-state index in [-0.39, 0.29) is 0 Å². The number of nitrogens with one attached hydrogen (secondary N) is 1. The zero-order valence-corrected chi connectivity index (χ0v) is 8.92. The molecule has 0 aromatic rings. The molecule has 3 heteroatoms. The van der Waals surface area contributed by atoms with Crippen molar-refractivity contribution in [2.45, 2.75) is 13.8 Å². The van der Waals surface area contributed by atoms with Crippen LogP contribution in [0.2, 0.25) is 0 Å². The summed E-state index contributed by atoms with van der Waals surface area (Å²) in [6.45, 7) is 11.2. The fraction of sp³-hybridized carbons (Fsp3) is 1.00. The lowest BCUT2D eigenvalue weighted by Crippen LogP contribution is -2.46. The first-order chi connectivity index (χ1) is 6.24. The summed E-state index contributed by atoms with van der Waals surface area (Å²) in [5, 5.41) is 3.36. The molecule has 1 atom stereocenters. The topological polar surface area (TPSA) is 41.3 Å². The van der Waals surface area contributed by atoms with Crippen LogP contribution in [0.3, 0.4) is 0 Å². The molecular formula is C10H23N3. The van der Waals surface area contributed by atoms with Crippen LogP contribution in [0.15, 0.2) is 0 Å². The number of piperazine rings is 1. The third-order valence-corrected chi connectivity index (χ3v) is 2.95. The normalized spacial score (nSPS) is 22.2. The van der Waals surface area contributed by atoms with Crippen LogP contribution in [-0.4, -0.2) is 44.2 Å². The SMILES string of the molecule is CC(C)C(CN)CN1CCNCC1. The van der Waals surface area contributed by atoms with Crippen molar-refractivity contribution in [3.63, 3.8) is 0 Å². The van der Waals surface area contributed by atoms with E-state index < -0.39 is 0 Å². The zero-order valence-electron chi connectivity index (χ0n) is 8.92. The maximum Gasteiger partial charge on any atom is 0.0107 e. The van der Waals surface area contributed by atoms with Gasteiger partial charge in [-0.25, -0.2) is 0 Å². The van der Waals surface area contributed by atoms with Crippen LogP contribution in [0, 0.1) is 11.8 Å². The minimum atomic E-state index is 0.665. The van der Waals surface area contributed by atoms with Crippen LogP contribution in [0.1, 0.15) is 13.8 Å². The molecule has 1 saturated heterocycles. The second-order valence-electron chi connectivity index (χ2n) is 4.29.